The summed E-state index contributed by atoms with van der Waals surface area (Å²) in [5, 5.41) is 0. The van der Waals surface area contributed by atoms with E-state index in [2.05, 4.69) is 16.5 Å². The highest BCUT2D eigenvalue weighted by Gasteiger charge is 2.22. The van der Waals surface area contributed by atoms with Crippen LogP contribution in [0.3, 0.4) is 0 Å². The number of aryl methyl sites for hydroxylation is 1. The molecule has 0 radical (unpaired) electrons. The van der Waals surface area contributed by atoms with E-state index in [4.69, 9.17) is 15.3 Å². The van der Waals surface area contributed by atoms with E-state index in [1.807, 2.05) is 31.3 Å². The van der Waals surface area contributed by atoms with Gasteiger partial charge >= 0.3 is 0 Å². The van der Waals surface area contributed by atoms with Crippen molar-refractivity contribution in [2.75, 3.05) is 13.2 Å². The topological polar surface area (TPSA) is 69.4 Å². The minimum Gasteiger partial charge on any atom is -0.486 e. The lowest BCUT2D eigenvalue weighted by atomic mass is 9.98. The number of nitrogens with one attached hydrogen (secondary N) is 1. The summed E-state index contributed by atoms with van der Waals surface area (Å²) in [4.78, 5) is 4.22. The minimum atomic E-state index is -0.181. The van der Waals surface area contributed by atoms with E-state index < -0.39 is 0 Å². The standard InChI is InChI=1S/C15H17N3O2/c1-10-7-11(9-17-8-10)14(18-16)12-3-2-4-13-15(12)20-6-5-19-13/h2-4,7-9,14,18H,5-6,16H2,1H3. The Bertz CT molecular complexity index is 616. The number of aromatic nitrogens is 1. The number of hydrazine groups is 1. The summed E-state index contributed by atoms with van der Waals surface area (Å²) in [6.07, 6.45) is 3.62. The number of para-hydroxylation sites is 1. The first kappa shape index (κ1) is 12.9. The van der Waals surface area contributed by atoms with E-state index in [1.54, 1.807) is 6.20 Å². The van der Waals surface area contributed by atoms with Gasteiger partial charge in [0.15, 0.2) is 11.5 Å². The first-order valence-electron chi connectivity index (χ1n) is 6.56. The van der Waals surface area contributed by atoms with Crippen LogP contribution in [0, 0.1) is 6.92 Å². The summed E-state index contributed by atoms with van der Waals surface area (Å²) in [5.41, 5.74) is 5.88. The Morgan fingerprint density at radius 3 is 2.90 bits per heavy atom. The van der Waals surface area contributed by atoms with Gasteiger partial charge in [-0.15, -0.1) is 0 Å². The van der Waals surface area contributed by atoms with E-state index in [0.29, 0.717) is 13.2 Å². The molecule has 0 amide bonds. The molecule has 0 spiro atoms. The van der Waals surface area contributed by atoms with Crippen molar-refractivity contribution < 1.29 is 9.47 Å². The zero-order valence-corrected chi connectivity index (χ0v) is 11.3. The smallest absolute Gasteiger partial charge is 0.166 e. The van der Waals surface area contributed by atoms with Gasteiger partial charge in [-0.1, -0.05) is 18.2 Å². The van der Waals surface area contributed by atoms with Gasteiger partial charge in [0.05, 0.1) is 6.04 Å². The van der Waals surface area contributed by atoms with Gasteiger partial charge < -0.3 is 9.47 Å². The number of ether oxygens (including phenoxy) is 2. The largest absolute Gasteiger partial charge is 0.486 e. The molecular formula is C15H17N3O2. The molecule has 1 atom stereocenters. The summed E-state index contributed by atoms with van der Waals surface area (Å²) in [5.74, 6) is 7.26. The molecule has 0 saturated heterocycles. The second kappa shape index (κ2) is 5.48. The Balaban J connectivity index is 2.06. The summed E-state index contributed by atoms with van der Waals surface area (Å²) in [6, 6.07) is 7.70. The average Bonchev–Trinajstić information content (AvgIpc) is 2.48. The van der Waals surface area contributed by atoms with Gasteiger partial charge in [0, 0.05) is 18.0 Å². The molecule has 0 bridgehead atoms. The fourth-order valence-electron chi connectivity index (χ4n) is 2.43. The van der Waals surface area contributed by atoms with E-state index >= 15 is 0 Å². The molecule has 2 aromatic rings. The van der Waals surface area contributed by atoms with Gasteiger partial charge in [-0.05, 0) is 24.1 Å². The Kier molecular flexibility index (Phi) is 3.54. The van der Waals surface area contributed by atoms with Crippen LogP contribution in [-0.2, 0) is 0 Å². The van der Waals surface area contributed by atoms with Crippen LogP contribution in [0.25, 0.3) is 0 Å². The van der Waals surface area contributed by atoms with Crippen LogP contribution in [-0.4, -0.2) is 18.2 Å². The van der Waals surface area contributed by atoms with Gasteiger partial charge in [-0.3, -0.25) is 10.8 Å². The predicted molar refractivity (Wildman–Crippen MR) is 75.6 cm³/mol. The van der Waals surface area contributed by atoms with Crippen LogP contribution in [0.15, 0.2) is 36.7 Å². The highest BCUT2D eigenvalue weighted by atomic mass is 16.6. The molecule has 5 heteroatoms. The third kappa shape index (κ3) is 2.33. The maximum Gasteiger partial charge on any atom is 0.166 e. The quantitative estimate of drug-likeness (QED) is 0.657. The molecule has 0 saturated carbocycles. The lowest BCUT2D eigenvalue weighted by molar-refractivity contribution is 0.169. The maximum atomic E-state index is 5.75. The van der Waals surface area contributed by atoms with E-state index in [-0.39, 0.29) is 6.04 Å². The number of fused-ring (bicyclic) bond motifs is 1. The molecule has 2 heterocycles. The fraction of sp³-hybridized carbons (Fsp3) is 0.267. The second-order valence-corrected chi connectivity index (χ2v) is 4.77. The van der Waals surface area contributed by atoms with Gasteiger partial charge in [-0.2, -0.15) is 0 Å². The van der Waals surface area contributed by atoms with E-state index in [1.165, 1.54) is 0 Å². The molecule has 1 aliphatic heterocycles. The van der Waals surface area contributed by atoms with Crippen LogP contribution in [0.1, 0.15) is 22.7 Å². The van der Waals surface area contributed by atoms with Crippen molar-refractivity contribution in [3.63, 3.8) is 0 Å². The summed E-state index contributed by atoms with van der Waals surface area (Å²) < 4.78 is 11.4. The number of nitrogens with two attached hydrogens (primary N) is 1. The van der Waals surface area contributed by atoms with E-state index in [0.717, 1.165) is 28.2 Å². The van der Waals surface area contributed by atoms with Gasteiger partial charge in [0.2, 0.25) is 0 Å². The number of hydrogen-bond acceptors (Lipinski definition) is 5. The third-order valence-electron chi connectivity index (χ3n) is 3.30. The van der Waals surface area contributed by atoms with E-state index in [9.17, 15) is 0 Å². The number of nitrogens with zero attached hydrogens (tertiary/aromatic N) is 1. The number of hydrogen-bond donors (Lipinski definition) is 2. The zero-order valence-electron chi connectivity index (χ0n) is 11.3. The Labute approximate surface area is 117 Å². The number of rotatable bonds is 3. The molecule has 1 unspecified atom stereocenters. The van der Waals surface area contributed by atoms with Gasteiger partial charge in [0.1, 0.15) is 13.2 Å². The highest BCUT2D eigenvalue weighted by molar-refractivity contribution is 5.51. The molecule has 104 valence electrons. The summed E-state index contributed by atoms with van der Waals surface area (Å²) >= 11 is 0. The zero-order chi connectivity index (χ0) is 13.9. The summed E-state index contributed by atoms with van der Waals surface area (Å²) in [7, 11) is 0. The maximum absolute atomic E-state index is 5.75. The van der Waals surface area contributed by atoms with Crippen molar-refractivity contribution in [3.8, 4) is 11.5 Å². The van der Waals surface area contributed by atoms with Gasteiger partial charge in [0.25, 0.3) is 0 Å². The van der Waals surface area contributed by atoms with Crippen LogP contribution in [0.5, 0.6) is 11.5 Å². The van der Waals surface area contributed by atoms with Crippen molar-refractivity contribution in [1.29, 1.82) is 0 Å². The normalized spacial score (nSPS) is 14.9. The minimum absolute atomic E-state index is 0.181. The molecule has 20 heavy (non-hydrogen) atoms. The monoisotopic (exact) mass is 271 g/mol. The van der Waals surface area contributed by atoms with Crippen molar-refractivity contribution in [2.45, 2.75) is 13.0 Å². The Hall–Kier alpha value is -2.11. The summed E-state index contributed by atoms with van der Waals surface area (Å²) in [6.45, 7) is 3.13. The van der Waals surface area contributed by atoms with Crippen molar-refractivity contribution >= 4 is 0 Å². The number of benzene rings is 1. The van der Waals surface area contributed by atoms with Crippen LogP contribution >= 0.6 is 0 Å². The predicted octanol–water partition coefficient (Wildman–Crippen LogP) is 1.71. The number of pyridine rings is 1. The van der Waals surface area contributed by atoms with Crippen LogP contribution in [0.2, 0.25) is 0 Å². The van der Waals surface area contributed by atoms with Crippen LogP contribution in [0.4, 0.5) is 0 Å². The first-order valence-corrected chi connectivity index (χ1v) is 6.56. The molecule has 5 nitrogen and oxygen atoms in total. The SMILES string of the molecule is Cc1cncc(C(NN)c2cccc3c2OCCO3)c1. The Morgan fingerprint density at radius 2 is 2.10 bits per heavy atom. The van der Waals surface area contributed by atoms with Crippen molar-refractivity contribution in [2.24, 2.45) is 5.84 Å². The molecule has 1 aromatic carbocycles. The third-order valence-corrected chi connectivity index (χ3v) is 3.30. The molecule has 0 aliphatic carbocycles. The molecule has 3 N–H and O–H groups in total. The molecule has 3 rings (SSSR count). The van der Waals surface area contributed by atoms with Crippen molar-refractivity contribution in [1.82, 2.24) is 10.4 Å². The molecule has 1 aromatic heterocycles. The lowest BCUT2D eigenvalue weighted by Crippen LogP contribution is -2.30. The molecule has 0 fully saturated rings. The second-order valence-electron chi connectivity index (χ2n) is 4.77. The Morgan fingerprint density at radius 1 is 1.25 bits per heavy atom. The molecular weight excluding hydrogens is 254 g/mol. The fourth-order valence-corrected chi connectivity index (χ4v) is 2.43. The van der Waals surface area contributed by atoms with Gasteiger partial charge in [-0.25, -0.2) is 5.43 Å². The first-order chi connectivity index (χ1) is 9.79. The molecule has 1 aliphatic rings. The highest BCUT2D eigenvalue weighted by Crippen LogP contribution is 2.38. The van der Waals surface area contributed by atoms with Crippen LogP contribution < -0.4 is 20.7 Å². The lowest BCUT2D eigenvalue weighted by Gasteiger charge is -2.25. The average molecular weight is 271 g/mol. The van der Waals surface area contributed by atoms with Crippen molar-refractivity contribution in [3.05, 3.63) is 53.3 Å².